The van der Waals surface area contributed by atoms with Crippen LogP contribution in [0.15, 0.2) is 36.4 Å². The van der Waals surface area contributed by atoms with Crippen molar-refractivity contribution in [1.29, 1.82) is 0 Å². The summed E-state index contributed by atoms with van der Waals surface area (Å²) >= 11 is 3.19. The van der Waals surface area contributed by atoms with E-state index < -0.39 is 22.2 Å². The van der Waals surface area contributed by atoms with Gasteiger partial charge >= 0.3 is 5.69 Å². The van der Waals surface area contributed by atoms with Crippen LogP contribution in [0.25, 0.3) is 0 Å². The first-order chi connectivity index (χ1) is 9.51. The van der Waals surface area contributed by atoms with Gasteiger partial charge in [0, 0.05) is 17.5 Å². The summed E-state index contributed by atoms with van der Waals surface area (Å²) in [7, 11) is 0. The van der Waals surface area contributed by atoms with Crippen LogP contribution in [0.5, 0.6) is 11.5 Å². The van der Waals surface area contributed by atoms with Crippen LogP contribution in [0.4, 0.5) is 14.5 Å². The topological polar surface area (TPSA) is 52.4 Å². The molecule has 104 valence electrons. The highest BCUT2D eigenvalue weighted by Gasteiger charge is 2.15. The molecule has 2 rings (SSSR count). The Labute approximate surface area is 121 Å². The van der Waals surface area contributed by atoms with Crippen molar-refractivity contribution >= 4 is 21.6 Å². The summed E-state index contributed by atoms with van der Waals surface area (Å²) in [5.41, 5.74) is 0.0668. The molecule has 0 amide bonds. The van der Waals surface area contributed by atoms with Gasteiger partial charge in [-0.2, -0.15) is 4.39 Å². The molecule has 0 aliphatic heterocycles. The molecule has 0 saturated heterocycles. The van der Waals surface area contributed by atoms with E-state index in [4.69, 9.17) is 4.74 Å². The molecule has 2 aromatic rings. The Morgan fingerprint density at radius 3 is 2.45 bits per heavy atom. The van der Waals surface area contributed by atoms with Gasteiger partial charge in [0.25, 0.3) is 0 Å². The van der Waals surface area contributed by atoms with E-state index in [9.17, 15) is 18.9 Å². The molecule has 4 nitrogen and oxygen atoms in total. The van der Waals surface area contributed by atoms with Crippen molar-refractivity contribution in [3.8, 4) is 11.5 Å². The number of hydrogen-bond acceptors (Lipinski definition) is 3. The van der Waals surface area contributed by atoms with Gasteiger partial charge in [0.2, 0.25) is 5.82 Å². The van der Waals surface area contributed by atoms with E-state index in [0.29, 0.717) is 5.33 Å². The van der Waals surface area contributed by atoms with Gasteiger partial charge in [-0.15, -0.1) is 0 Å². The van der Waals surface area contributed by atoms with Crippen molar-refractivity contribution < 1.29 is 18.4 Å². The second kappa shape index (κ2) is 5.96. The van der Waals surface area contributed by atoms with Crippen LogP contribution >= 0.6 is 15.9 Å². The maximum Gasteiger partial charge on any atom is 0.305 e. The molecule has 0 fully saturated rings. The molecule has 20 heavy (non-hydrogen) atoms. The smallest absolute Gasteiger partial charge is 0.305 e. The number of alkyl halides is 1. The maximum atomic E-state index is 13.7. The fourth-order valence-electron chi connectivity index (χ4n) is 1.54. The first kappa shape index (κ1) is 14.4. The number of nitrogens with zero attached hydrogens (tertiary/aromatic N) is 1. The largest absolute Gasteiger partial charge is 0.454 e. The van der Waals surface area contributed by atoms with Gasteiger partial charge < -0.3 is 4.74 Å². The Morgan fingerprint density at radius 2 is 1.90 bits per heavy atom. The molecule has 0 radical (unpaired) electrons. The molecule has 0 bridgehead atoms. The van der Waals surface area contributed by atoms with E-state index in [0.717, 1.165) is 17.7 Å². The van der Waals surface area contributed by atoms with Gasteiger partial charge in [-0.3, -0.25) is 10.1 Å². The van der Waals surface area contributed by atoms with Gasteiger partial charge in [-0.25, -0.2) is 4.39 Å². The number of benzene rings is 2. The normalized spacial score (nSPS) is 10.3. The summed E-state index contributed by atoms with van der Waals surface area (Å²) in [6.45, 7) is 0. The third-order valence-electron chi connectivity index (χ3n) is 2.49. The van der Waals surface area contributed by atoms with Gasteiger partial charge in [-0.05, 0) is 23.8 Å². The number of hydrogen-bond donors (Lipinski definition) is 0. The summed E-state index contributed by atoms with van der Waals surface area (Å²) < 4.78 is 32.3. The molecule has 7 heteroatoms. The van der Waals surface area contributed by atoms with Crippen LogP contribution in [0.1, 0.15) is 5.56 Å². The Bertz CT molecular complexity index is 664. The van der Waals surface area contributed by atoms with Crippen LogP contribution in [0.3, 0.4) is 0 Å². The predicted octanol–water partition coefficient (Wildman–Crippen LogP) is 4.56. The summed E-state index contributed by atoms with van der Waals surface area (Å²) in [6, 6.07) is 7.36. The fourth-order valence-corrected chi connectivity index (χ4v) is 1.89. The lowest BCUT2D eigenvalue weighted by atomic mass is 10.2. The first-order valence-corrected chi connectivity index (χ1v) is 6.59. The third kappa shape index (κ3) is 3.11. The lowest BCUT2D eigenvalue weighted by molar-refractivity contribution is -0.387. The second-order valence-electron chi connectivity index (χ2n) is 3.87. The molecule has 0 unspecified atom stereocenters. The average Bonchev–Trinajstić information content (AvgIpc) is 2.40. The van der Waals surface area contributed by atoms with Crippen molar-refractivity contribution in [3.05, 3.63) is 63.7 Å². The van der Waals surface area contributed by atoms with Crippen molar-refractivity contribution in [3.63, 3.8) is 0 Å². The van der Waals surface area contributed by atoms with Crippen LogP contribution in [0, 0.1) is 21.7 Å². The van der Waals surface area contributed by atoms with E-state index >= 15 is 0 Å². The molecule has 0 saturated carbocycles. The minimum absolute atomic E-state index is 0.0152. The van der Waals surface area contributed by atoms with E-state index in [-0.39, 0.29) is 11.5 Å². The summed E-state index contributed by atoms with van der Waals surface area (Å²) in [5.74, 6) is -1.73. The SMILES string of the molecule is O=[N+]([O-])c1ccc(Oc2ccc(CBr)cc2F)cc1F. The number of ether oxygens (including phenoxy) is 1. The molecular formula is C13H8BrF2NO3. The van der Waals surface area contributed by atoms with Crippen LogP contribution < -0.4 is 4.74 Å². The lowest BCUT2D eigenvalue weighted by Gasteiger charge is -2.07. The first-order valence-electron chi connectivity index (χ1n) is 5.47. The molecule has 0 aliphatic carbocycles. The number of nitro groups is 1. The number of rotatable bonds is 4. The zero-order valence-electron chi connectivity index (χ0n) is 9.98. The quantitative estimate of drug-likeness (QED) is 0.464. The van der Waals surface area contributed by atoms with Gasteiger partial charge in [0.15, 0.2) is 11.6 Å². The molecule has 0 atom stereocenters. The predicted molar refractivity (Wildman–Crippen MR) is 72.2 cm³/mol. The molecule has 2 aromatic carbocycles. The van der Waals surface area contributed by atoms with Crippen LogP contribution in [0.2, 0.25) is 0 Å². The van der Waals surface area contributed by atoms with Crippen molar-refractivity contribution in [2.75, 3.05) is 0 Å². The third-order valence-corrected chi connectivity index (χ3v) is 3.14. The van der Waals surface area contributed by atoms with Crippen LogP contribution in [-0.2, 0) is 5.33 Å². The molecule has 0 aromatic heterocycles. The highest BCUT2D eigenvalue weighted by molar-refractivity contribution is 9.08. The van der Waals surface area contributed by atoms with Gasteiger partial charge in [0.05, 0.1) is 4.92 Å². The Morgan fingerprint density at radius 1 is 1.15 bits per heavy atom. The van der Waals surface area contributed by atoms with E-state index in [2.05, 4.69) is 15.9 Å². The maximum absolute atomic E-state index is 13.7. The van der Waals surface area contributed by atoms with Crippen LogP contribution in [-0.4, -0.2) is 4.92 Å². The highest BCUT2D eigenvalue weighted by atomic mass is 79.9. The van der Waals surface area contributed by atoms with Gasteiger partial charge in [-0.1, -0.05) is 22.0 Å². The Hall–Kier alpha value is -2.02. The van der Waals surface area contributed by atoms with Gasteiger partial charge in [0.1, 0.15) is 5.75 Å². The number of nitro benzene ring substituents is 1. The molecule has 0 heterocycles. The lowest BCUT2D eigenvalue weighted by Crippen LogP contribution is -1.94. The van der Waals surface area contributed by atoms with E-state index in [1.165, 1.54) is 18.2 Å². The minimum atomic E-state index is -1.04. The Kier molecular flexibility index (Phi) is 4.29. The molecule has 0 N–H and O–H groups in total. The summed E-state index contributed by atoms with van der Waals surface area (Å²) in [4.78, 5) is 9.63. The van der Waals surface area contributed by atoms with Crippen molar-refractivity contribution in [2.24, 2.45) is 0 Å². The molecule has 0 aliphatic rings. The fraction of sp³-hybridized carbons (Fsp3) is 0.0769. The summed E-state index contributed by atoms with van der Waals surface area (Å²) in [6.07, 6.45) is 0. The standard InChI is InChI=1S/C13H8BrF2NO3/c14-7-8-1-4-13(11(16)5-8)20-9-2-3-12(17(18)19)10(15)6-9/h1-6H,7H2. The van der Waals surface area contributed by atoms with Crippen molar-refractivity contribution in [2.45, 2.75) is 5.33 Å². The van der Waals surface area contributed by atoms with E-state index in [1.54, 1.807) is 6.07 Å². The summed E-state index contributed by atoms with van der Waals surface area (Å²) in [5, 5.41) is 11.0. The number of halogens is 3. The minimum Gasteiger partial charge on any atom is -0.454 e. The highest BCUT2D eigenvalue weighted by Crippen LogP contribution is 2.28. The zero-order chi connectivity index (χ0) is 14.7. The molecular weight excluding hydrogens is 336 g/mol. The Balaban J connectivity index is 2.26. The zero-order valence-corrected chi connectivity index (χ0v) is 11.6. The van der Waals surface area contributed by atoms with Crippen molar-refractivity contribution in [1.82, 2.24) is 0 Å². The molecule has 0 spiro atoms. The van der Waals surface area contributed by atoms with E-state index in [1.807, 2.05) is 0 Å². The average molecular weight is 344 g/mol. The monoisotopic (exact) mass is 343 g/mol. The second-order valence-corrected chi connectivity index (χ2v) is 4.43.